The molecule has 2 N–H and O–H groups in total. The molecule has 0 amide bonds. The van der Waals surface area contributed by atoms with Gasteiger partial charge < -0.3 is 15.2 Å². The Bertz CT molecular complexity index is 892. The van der Waals surface area contributed by atoms with Crippen LogP contribution < -0.4 is 15.2 Å². The summed E-state index contributed by atoms with van der Waals surface area (Å²) in [6.07, 6.45) is 1.91. The fourth-order valence-electron chi connectivity index (χ4n) is 2.94. The Morgan fingerprint density at radius 3 is 2.62 bits per heavy atom. The molecule has 1 heterocycles. The van der Waals surface area contributed by atoms with Crippen molar-refractivity contribution in [3.8, 4) is 11.5 Å². The molecular weight excluding hydrogens is 324 g/mol. The second-order valence-electron chi connectivity index (χ2n) is 6.68. The zero-order valence-corrected chi connectivity index (χ0v) is 15.7. The summed E-state index contributed by atoms with van der Waals surface area (Å²) in [6.45, 7) is 6.94. The Morgan fingerprint density at radius 2 is 1.77 bits per heavy atom. The van der Waals surface area contributed by atoms with E-state index in [2.05, 4.69) is 31.8 Å². The molecule has 1 atom stereocenters. The van der Waals surface area contributed by atoms with Gasteiger partial charge in [-0.25, -0.2) is 4.98 Å². The fourth-order valence-corrected chi connectivity index (χ4v) is 2.94. The molecule has 1 aromatic heterocycles. The van der Waals surface area contributed by atoms with Crippen molar-refractivity contribution in [1.82, 2.24) is 4.98 Å². The van der Waals surface area contributed by atoms with Gasteiger partial charge in [-0.15, -0.1) is 0 Å². The summed E-state index contributed by atoms with van der Waals surface area (Å²) < 4.78 is 12.0. The van der Waals surface area contributed by atoms with Crippen molar-refractivity contribution < 1.29 is 9.47 Å². The summed E-state index contributed by atoms with van der Waals surface area (Å²) in [7, 11) is 0. The van der Waals surface area contributed by atoms with E-state index < -0.39 is 0 Å². The lowest BCUT2D eigenvalue weighted by Crippen LogP contribution is -2.14. The van der Waals surface area contributed by atoms with Crippen molar-refractivity contribution in [1.29, 1.82) is 0 Å². The standard InChI is InChI=1S/C22H26N2O2/c1-15-7-4-10-19(17(15)3)25-14-6-8-16(2)26-20-11-5-9-18-12-13-21(23)24-22(18)20/h4-5,7,9-13,16H,6,8,14H2,1-3H3,(H2,23,24). The molecule has 0 saturated heterocycles. The molecule has 26 heavy (non-hydrogen) atoms. The quantitative estimate of drug-likeness (QED) is 0.605. The van der Waals surface area contributed by atoms with Crippen LogP contribution in [0.2, 0.25) is 0 Å². The SMILES string of the molecule is Cc1cccc(OCCCC(C)Oc2cccc3ccc(N)nc23)c1C. The Hall–Kier alpha value is -2.75. The van der Waals surface area contributed by atoms with Gasteiger partial charge in [-0.05, 0) is 69.0 Å². The van der Waals surface area contributed by atoms with Crippen LogP contribution in [0.25, 0.3) is 10.9 Å². The lowest BCUT2D eigenvalue weighted by atomic mass is 10.1. The molecule has 0 fully saturated rings. The smallest absolute Gasteiger partial charge is 0.146 e. The van der Waals surface area contributed by atoms with E-state index in [1.165, 1.54) is 11.1 Å². The highest BCUT2D eigenvalue weighted by atomic mass is 16.5. The summed E-state index contributed by atoms with van der Waals surface area (Å²) in [5.41, 5.74) is 9.08. The van der Waals surface area contributed by atoms with Crippen LogP contribution in [-0.2, 0) is 0 Å². The number of para-hydroxylation sites is 1. The zero-order valence-electron chi connectivity index (χ0n) is 15.7. The number of benzene rings is 2. The van der Waals surface area contributed by atoms with E-state index in [-0.39, 0.29) is 6.10 Å². The Labute approximate surface area is 155 Å². The first-order chi connectivity index (χ1) is 12.5. The molecular formula is C22H26N2O2. The number of hydrogen-bond donors (Lipinski definition) is 1. The van der Waals surface area contributed by atoms with Crippen LogP contribution in [0, 0.1) is 13.8 Å². The lowest BCUT2D eigenvalue weighted by Gasteiger charge is -2.16. The van der Waals surface area contributed by atoms with Crippen molar-refractivity contribution in [3.63, 3.8) is 0 Å². The van der Waals surface area contributed by atoms with E-state index in [1.807, 2.05) is 36.4 Å². The average molecular weight is 350 g/mol. The van der Waals surface area contributed by atoms with Gasteiger partial charge in [-0.3, -0.25) is 0 Å². The maximum atomic E-state index is 6.10. The second-order valence-corrected chi connectivity index (χ2v) is 6.68. The largest absolute Gasteiger partial charge is 0.493 e. The number of fused-ring (bicyclic) bond motifs is 1. The van der Waals surface area contributed by atoms with Gasteiger partial charge in [-0.2, -0.15) is 0 Å². The maximum Gasteiger partial charge on any atom is 0.146 e. The molecule has 0 spiro atoms. The van der Waals surface area contributed by atoms with Crippen molar-refractivity contribution in [2.45, 2.75) is 39.7 Å². The minimum absolute atomic E-state index is 0.0750. The Morgan fingerprint density at radius 1 is 1.00 bits per heavy atom. The number of aryl methyl sites for hydroxylation is 1. The van der Waals surface area contributed by atoms with Gasteiger partial charge in [0.2, 0.25) is 0 Å². The maximum absolute atomic E-state index is 6.10. The monoisotopic (exact) mass is 350 g/mol. The van der Waals surface area contributed by atoms with Crippen LogP contribution in [-0.4, -0.2) is 17.7 Å². The number of nitrogens with two attached hydrogens (primary N) is 1. The first-order valence-electron chi connectivity index (χ1n) is 9.05. The van der Waals surface area contributed by atoms with Crippen LogP contribution in [0.5, 0.6) is 11.5 Å². The second kappa shape index (κ2) is 8.09. The Balaban J connectivity index is 1.54. The van der Waals surface area contributed by atoms with Crippen molar-refractivity contribution in [2.24, 2.45) is 0 Å². The molecule has 3 rings (SSSR count). The molecule has 0 bridgehead atoms. The van der Waals surface area contributed by atoms with Gasteiger partial charge in [0.25, 0.3) is 0 Å². The highest BCUT2D eigenvalue weighted by Crippen LogP contribution is 2.26. The molecule has 0 aliphatic carbocycles. The van der Waals surface area contributed by atoms with E-state index >= 15 is 0 Å². The van der Waals surface area contributed by atoms with Gasteiger partial charge in [0, 0.05) is 5.39 Å². The predicted molar refractivity (Wildman–Crippen MR) is 107 cm³/mol. The van der Waals surface area contributed by atoms with E-state index in [0.29, 0.717) is 12.4 Å². The summed E-state index contributed by atoms with van der Waals surface area (Å²) in [6, 6.07) is 15.9. The van der Waals surface area contributed by atoms with Gasteiger partial charge >= 0.3 is 0 Å². The van der Waals surface area contributed by atoms with Gasteiger partial charge in [0.1, 0.15) is 22.8 Å². The molecule has 4 heteroatoms. The molecule has 1 unspecified atom stereocenters. The topological polar surface area (TPSA) is 57.4 Å². The number of rotatable bonds is 7. The van der Waals surface area contributed by atoms with Crippen molar-refractivity contribution >= 4 is 16.7 Å². The summed E-state index contributed by atoms with van der Waals surface area (Å²) >= 11 is 0. The third kappa shape index (κ3) is 4.26. The highest BCUT2D eigenvalue weighted by Gasteiger charge is 2.09. The van der Waals surface area contributed by atoms with Crippen LogP contribution in [0.3, 0.4) is 0 Å². The van der Waals surface area contributed by atoms with Crippen LogP contribution in [0.4, 0.5) is 5.82 Å². The van der Waals surface area contributed by atoms with Crippen molar-refractivity contribution in [3.05, 3.63) is 59.7 Å². The van der Waals surface area contributed by atoms with E-state index in [9.17, 15) is 0 Å². The van der Waals surface area contributed by atoms with E-state index in [1.54, 1.807) is 6.07 Å². The fraction of sp³-hybridized carbons (Fsp3) is 0.318. The van der Waals surface area contributed by atoms with Gasteiger partial charge in [0.05, 0.1) is 12.7 Å². The van der Waals surface area contributed by atoms with Crippen LogP contribution in [0.1, 0.15) is 30.9 Å². The van der Waals surface area contributed by atoms with Crippen molar-refractivity contribution in [2.75, 3.05) is 12.3 Å². The normalized spacial score (nSPS) is 12.1. The Kier molecular flexibility index (Phi) is 5.61. The molecule has 0 aliphatic rings. The first kappa shape index (κ1) is 18.1. The molecule has 136 valence electrons. The first-order valence-corrected chi connectivity index (χ1v) is 9.05. The minimum Gasteiger partial charge on any atom is -0.493 e. The average Bonchev–Trinajstić information content (AvgIpc) is 2.62. The third-order valence-electron chi connectivity index (χ3n) is 4.60. The summed E-state index contributed by atoms with van der Waals surface area (Å²) in [4.78, 5) is 4.41. The molecule has 4 nitrogen and oxygen atoms in total. The zero-order chi connectivity index (χ0) is 18.5. The van der Waals surface area contributed by atoms with Crippen LogP contribution in [0.15, 0.2) is 48.5 Å². The minimum atomic E-state index is 0.0750. The van der Waals surface area contributed by atoms with E-state index in [4.69, 9.17) is 15.2 Å². The summed E-state index contributed by atoms with van der Waals surface area (Å²) in [5.74, 6) is 2.24. The molecule has 3 aromatic rings. The number of nitrogen functional groups attached to an aromatic ring is 1. The molecule has 0 aliphatic heterocycles. The number of anilines is 1. The summed E-state index contributed by atoms with van der Waals surface area (Å²) in [5, 5.41) is 1.03. The van der Waals surface area contributed by atoms with Gasteiger partial charge in [-0.1, -0.05) is 24.3 Å². The van der Waals surface area contributed by atoms with Crippen LogP contribution >= 0.6 is 0 Å². The van der Waals surface area contributed by atoms with Gasteiger partial charge in [0.15, 0.2) is 0 Å². The molecule has 2 aromatic carbocycles. The number of pyridine rings is 1. The number of hydrogen-bond acceptors (Lipinski definition) is 4. The molecule has 0 saturated carbocycles. The molecule has 0 radical (unpaired) electrons. The highest BCUT2D eigenvalue weighted by molar-refractivity contribution is 5.85. The number of nitrogens with zero attached hydrogens (tertiary/aromatic N) is 1. The lowest BCUT2D eigenvalue weighted by molar-refractivity contribution is 0.195. The van der Waals surface area contributed by atoms with E-state index in [0.717, 1.165) is 35.2 Å². The third-order valence-corrected chi connectivity index (χ3v) is 4.60. The number of aromatic nitrogens is 1. The number of ether oxygens (including phenoxy) is 2. The predicted octanol–water partition coefficient (Wildman–Crippen LogP) is 5.06.